The quantitative estimate of drug-likeness (QED) is 0.156. The van der Waals surface area contributed by atoms with Gasteiger partial charge in [-0.3, -0.25) is 6.08 Å². The molecular formula is C57H68Cl2Zr-2. The SMILES string of the molecule is CC(C)(C)C1=[C-]C(C)(C)c2cc3c(cc21)-c1cc2c(cc1C3)C(C)(C)C=C2C(C)(C)C.CCc1cc(C(C)(C)C)c[cH-]1.Cc1ccc([C](=[Zr+2])c2ccc(C)cc2)cc1.[Cl-].[Cl-]. The Morgan fingerprint density at radius 3 is 1.53 bits per heavy atom. The first-order valence-corrected chi connectivity index (χ1v) is 22.8. The molecule has 3 heteroatoms. The summed E-state index contributed by atoms with van der Waals surface area (Å²) in [4.78, 5) is 0. The standard InChI is InChI=1S/C31H37.C15H14.C11H17.2ClH.Zr/c1-28(2,3)26-16-30(7,8)24-12-18-11-19-13-25-23(15-21(19)20(18)14-22(24)26)27(29(4,5)6)17-31(25,9)10;1-12-3-7-14(8-4-12)11-15-9-5-13(2)6-10-15;1-5-9-6-7-10(8-9)11(2,3)4;;;/h12-16H,11H2,1-10H3;3-10H,1-2H3;6-8H,5H2,1-4H3;2*1H;/q-1;;-1;;;+2/p-2. The number of allylic oxidation sites excluding steroid dienone is 4. The molecule has 316 valence electrons. The predicted molar refractivity (Wildman–Crippen MR) is 250 cm³/mol. The van der Waals surface area contributed by atoms with Gasteiger partial charge in [-0.2, -0.15) is 28.8 Å². The van der Waals surface area contributed by atoms with Gasteiger partial charge in [0.25, 0.3) is 0 Å². The van der Waals surface area contributed by atoms with Gasteiger partial charge < -0.3 is 24.8 Å². The number of aryl methyl sites for hydroxylation is 3. The van der Waals surface area contributed by atoms with Crippen molar-refractivity contribution in [3.05, 3.63) is 170 Å². The van der Waals surface area contributed by atoms with Crippen LogP contribution in [0.1, 0.15) is 164 Å². The molecule has 0 fully saturated rings. The fraction of sp³-hybridized carbons (Fsp3) is 0.404. The van der Waals surface area contributed by atoms with Crippen molar-refractivity contribution < 1.29 is 49.0 Å². The molecule has 0 amide bonds. The van der Waals surface area contributed by atoms with Crippen molar-refractivity contribution in [3.63, 3.8) is 0 Å². The molecule has 0 N–H and O–H groups in total. The zero-order valence-corrected chi connectivity index (χ0v) is 43.4. The van der Waals surface area contributed by atoms with Crippen LogP contribution in [0.4, 0.5) is 0 Å². The van der Waals surface area contributed by atoms with E-state index in [-0.39, 0.29) is 46.5 Å². The minimum atomic E-state index is -0.0202. The molecule has 3 aliphatic carbocycles. The van der Waals surface area contributed by atoms with E-state index < -0.39 is 0 Å². The van der Waals surface area contributed by atoms with Crippen molar-refractivity contribution in [2.45, 2.75) is 140 Å². The first kappa shape index (κ1) is 49.7. The summed E-state index contributed by atoms with van der Waals surface area (Å²) in [5.74, 6) is 0. The number of rotatable bonds is 3. The minimum Gasteiger partial charge on any atom is -1.00 e. The Bertz CT molecular complexity index is 2260. The molecule has 0 spiro atoms. The summed E-state index contributed by atoms with van der Waals surface area (Å²) >= 11 is 1.46. The number of halogens is 2. The Kier molecular flexibility index (Phi) is 14.9. The van der Waals surface area contributed by atoms with E-state index in [1.807, 2.05) is 0 Å². The van der Waals surface area contributed by atoms with Gasteiger partial charge in [0.15, 0.2) is 0 Å². The van der Waals surface area contributed by atoms with Gasteiger partial charge in [-0.25, -0.2) is 11.6 Å². The summed E-state index contributed by atoms with van der Waals surface area (Å²) < 4.78 is 1.42. The summed E-state index contributed by atoms with van der Waals surface area (Å²) in [5.41, 5.74) is 23.4. The van der Waals surface area contributed by atoms with Crippen LogP contribution in [0, 0.1) is 30.8 Å². The van der Waals surface area contributed by atoms with E-state index in [9.17, 15) is 0 Å². The molecule has 60 heavy (non-hydrogen) atoms. The van der Waals surface area contributed by atoms with Crippen LogP contribution >= 0.6 is 0 Å². The normalized spacial score (nSPS) is 15.3. The predicted octanol–water partition coefficient (Wildman–Crippen LogP) is 9.19. The van der Waals surface area contributed by atoms with E-state index in [1.54, 1.807) is 0 Å². The fourth-order valence-corrected chi connectivity index (χ4v) is 9.55. The van der Waals surface area contributed by atoms with Crippen LogP contribution in [0.3, 0.4) is 0 Å². The van der Waals surface area contributed by atoms with E-state index in [4.69, 9.17) is 0 Å². The topological polar surface area (TPSA) is 0 Å². The second-order valence-electron chi connectivity index (χ2n) is 21.4. The average Bonchev–Trinajstić information content (AvgIpc) is 3.89. The zero-order valence-electron chi connectivity index (χ0n) is 39.4. The maximum absolute atomic E-state index is 3.85. The summed E-state index contributed by atoms with van der Waals surface area (Å²) in [6.07, 6.45) is 8.56. The average molecular weight is 915 g/mol. The second-order valence-corrected chi connectivity index (χ2v) is 22.6. The van der Waals surface area contributed by atoms with Crippen molar-refractivity contribution >= 4 is 14.4 Å². The van der Waals surface area contributed by atoms with Crippen LogP contribution in [-0.4, -0.2) is 3.21 Å². The van der Waals surface area contributed by atoms with Gasteiger partial charge in [0, 0.05) is 5.41 Å². The molecule has 8 rings (SSSR count). The Balaban J connectivity index is 0.000000229. The van der Waals surface area contributed by atoms with Gasteiger partial charge >= 0.3 is 112 Å². The molecule has 0 aliphatic heterocycles. The maximum Gasteiger partial charge on any atom is -1.00 e. The molecule has 3 aliphatic rings. The van der Waals surface area contributed by atoms with Gasteiger partial charge in [-0.05, 0) is 62.3 Å². The van der Waals surface area contributed by atoms with Crippen LogP contribution < -0.4 is 24.8 Å². The third-order valence-corrected chi connectivity index (χ3v) is 13.8. The van der Waals surface area contributed by atoms with Crippen LogP contribution in [0.5, 0.6) is 0 Å². The molecule has 5 aromatic rings. The molecule has 0 bridgehead atoms. The Morgan fingerprint density at radius 1 is 0.633 bits per heavy atom. The van der Waals surface area contributed by atoms with Gasteiger partial charge in [-0.15, -0.1) is 11.6 Å². The van der Waals surface area contributed by atoms with Crippen LogP contribution in [0.15, 0.2) is 97.1 Å². The molecule has 5 aromatic carbocycles. The van der Waals surface area contributed by atoms with E-state index >= 15 is 0 Å². The molecule has 0 radical (unpaired) electrons. The molecule has 0 aromatic heterocycles. The molecular weight excluding hydrogens is 847 g/mol. The first-order chi connectivity index (χ1) is 26.8. The Morgan fingerprint density at radius 2 is 1.12 bits per heavy atom. The summed E-state index contributed by atoms with van der Waals surface area (Å²) in [6, 6.07) is 34.3. The fourth-order valence-electron chi connectivity index (χ4n) is 8.73. The monoisotopic (exact) mass is 912 g/mol. The molecule has 0 heterocycles. The van der Waals surface area contributed by atoms with Crippen LogP contribution in [0.25, 0.3) is 22.3 Å². The van der Waals surface area contributed by atoms with Gasteiger partial charge in [0.1, 0.15) is 0 Å². The molecule has 0 unspecified atom stereocenters. The number of hydrogen-bond acceptors (Lipinski definition) is 0. The van der Waals surface area contributed by atoms with Gasteiger partial charge in [0.2, 0.25) is 0 Å². The molecule has 0 saturated heterocycles. The zero-order chi connectivity index (χ0) is 42.7. The number of hydrogen-bond donors (Lipinski definition) is 0. The van der Waals surface area contributed by atoms with E-state index in [2.05, 4.69) is 214 Å². The second kappa shape index (κ2) is 18.0. The smallest absolute Gasteiger partial charge is 1.00 e. The van der Waals surface area contributed by atoms with Crippen LogP contribution in [-0.2, 0) is 53.3 Å². The number of fused-ring (bicyclic) bond motifs is 5. The van der Waals surface area contributed by atoms with Crippen molar-refractivity contribution in [3.8, 4) is 11.1 Å². The molecule has 0 nitrogen and oxygen atoms in total. The molecule has 0 atom stereocenters. The van der Waals surface area contributed by atoms with E-state index in [0.717, 1.165) is 12.8 Å². The number of benzene rings is 4. The Labute approximate surface area is 392 Å². The third kappa shape index (κ3) is 10.4. The van der Waals surface area contributed by atoms with Crippen LogP contribution in [0.2, 0.25) is 0 Å². The van der Waals surface area contributed by atoms with Crippen molar-refractivity contribution in [1.82, 2.24) is 0 Å². The van der Waals surface area contributed by atoms with Crippen molar-refractivity contribution in [2.24, 2.45) is 10.8 Å². The largest absolute Gasteiger partial charge is 1.00 e. The van der Waals surface area contributed by atoms with Crippen molar-refractivity contribution in [1.29, 1.82) is 0 Å². The molecule has 0 saturated carbocycles. The van der Waals surface area contributed by atoms with Gasteiger partial charge in [-0.1, -0.05) is 132 Å². The summed E-state index contributed by atoms with van der Waals surface area (Å²) in [5, 5.41) is 0. The van der Waals surface area contributed by atoms with Crippen molar-refractivity contribution in [2.75, 3.05) is 0 Å². The third-order valence-electron chi connectivity index (χ3n) is 12.4. The van der Waals surface area contributed by atoms with E-state index in [1.165, 1.54) is 116 Å². The van der Waals surface area contributed by atoms with Gasteiger partial charge in [0.05, 0.1) is 0 Å². The van der Waals surface area contributed by atoms with E-state index in [0.29, 0.717) is 5.41 Å². The summed E-state index contributed by atoms with van der Waals surface area (Å²) in [7, 11) is 0. The summed E-state index contributed by atoms with van der Waals surface area (Å²) in [6.45, 7) is 36.5. The first-order valence-electron chi connectivity index (χ1n) is 21.5. The maximum atomic E-state index is 3.85. The Hall–Kier alpha value is -2.96. The minimum absolute atomic E-state index is 0.